The molecular formula is C22H14MgN4O9S4+2. The molecule has 2 aliphatic heterocycles. The van der Waals surface area contributed by atoms with E-state index >= 15 is 0 Å². The van der Waals surface area contributed by atoms with Crippen molar-refractivity contribution in [3.8, 4) is 11.5 Å². The van der Waals surface area contributed by atoms with Crippen LogP contribution in [0, 0.1) is 9.93 Å². The molecule has 6 rings (SSSR count). The Hall–Kier alpha value is -3.25. The Morgan fingerprint density at radius 3 is 1.80 bits per heavy atom. The number of rotatable bonds is 3. The van der Waals surface area contributed by atoms with Crippen molar-refractivity contribution in [3.05, 3.63) is 56.3 Å². The number of carboxylic acids is 1. The van der Waals surface area contributed by atoms with Crippen molar-refractivity contribution in [2.24, 2.45) is 9.98 Å². The number of hydrogen-bond donors (Lipinski definition) is 3. The summed E-state index contributed by atoms with van der Waals surface area (Å²) in [4.78, 5) is 68.9. The molecule has 0 saturated heterocycles. The smallest absolute Gasteiger partial charge is 0.508 e. The Morgan fingerprint density at radius 1 is 0.875 bits per heavy atom. The van der Waals surface area contributed by atoms with Crippen LogP contribution in [0.2, 0.25) is 0 Å². The number of aliphatic imine (C=N–C) groups is 2. The van der Waals surface area contributed by atoms with Gasteiger partial charge in [0.15, 0.2) is 6.04 Å². The molecule has 0 fully saturated rings. The van der Waals surface area contributed by atoms with Crippen molar-refractivity contribution in [3.63, 3.8) is 0 Å². The number of aliphatic carboxylic acids is 1. The molecule has 0 aliphatic carbocycles. The molecule has 1 amide bonds. The standard InChI is InChI=1S/C11H8N2O3S2.C10H6N2O2S2.CO2.Mg.O2/c14-5-1-2-6-8(3-5)18-10(12-6)9-13-7(4-17-9)11(15)16;13-5-1-2-6-7(3-5)16-10(11-6)9-12-8(14)4-15-9;2-1-3;;1-2/h1-3,7,14H,4H2,(H,15,16);1-3,13H,4H2;;;/q;;;+2;/t7-;;;;/m1..../s1. The van der Waals surface area contributed by atoms with E-state index < -0.39 is 12.0 Å². The zero-order valence-corrected chi connectivity index (χ0v) is 24.6. The van der Waals surface area contributed by atoms with Crippen LogP contribution in [0.25, 0.3) is 20.4 Å². The fourth-order valence-corrected chi connectivity index (χ4v) is 6.99. The van der Waals surface area contributed by atoms with Gasteiger partial charge in [-0.25, -0.2) is 19.8 Å². The van der Waals surface area contributed by atoms with Gasteiger partial charge in [0.1, 0.15) is 31.6 Å². The minimum Gasteiger partial charge on any atom is -0.508 e. The molecule has 1 atom stereocenters. The van der Waals surface area contributed by atoms with Gasteiger partial charge in [0.05, 0.1) is 26.2 Å². The molecular weight excluding hydrogens is 617 g/mol. The molecule has 2 aliphatic rings. The first-order chi connectivity index (χ1) is 18.8. The van der Waals surface area contributed by atoms with Crippen molar-refractivity contribution in [2.45, 2.75) is 6.04 Å². The number of nitrogens with zero attached hydrogens (tertiary/aromatic N) is 4. The number of phenols is 2. The van der Waals surface area contributed by atoms with Crippen LogP contribution in [0.15, 0.2) is 46.4 Å². The topological polar surface area (TPSA) is 214 Å². The summed E-state index contributed by atoms with van der Waals surface area (Å²) >= 11 is 5.66. The average molecular weight is 631 g/mol. The van der Waals surface area contributed by atoms with Gasteiger partial charge in [-0.2, -0.15) is 9.59 Å². The number of fused-ring (bicyclic) bond motifs is 2. The van der Waals surface area contributed by atoms with Gasteiger partial charge < -0.3 is 15.3 Å². The average Bonchev–Trinajstić information content (AvgIpc) is 3.70. The predicted octanol–water partition coefficient (Wildman–Crippen LogP) is 3.07. The van der Waals surface area contributed by atoms with E-state index in [-0.39, 0.29) is 46.6 Å². The summed E-state index contributed by atoms with van der Waals surface area (Å²) in [6, 6.07) is 9.30. The number of aromatic nitrogens is 2. The second-order valence-corrected chi connectivity index (χ2v) is 11.2. The predicted molar refractivity (Wildman–Crippen MR) is 154 cm³/mol. The van der Waals surface area contributed by atoms with Crippen LogP contribution >= 0.6 is 46.2 Å². The normalized spacial score (nSPS) is 15.2. The van der Waals surface area contributed by atoms with Crippen LogP contribution in [-0.2, 0) is 19.2 Å². The zero-order valence-electron chi connectivity index (χ0n) is 19.9. The second kappa shape index (κ2) is 15.5. The molecule has 0 saturated carbocycles. The molecule has 4 aromatic rings. The third-order valence-electron chi connectivity index (χ3n) is 4.60. The van der Waals surface area contributed by atoms with E-state index in [1.54, 1.807) is 36.4 Å². The minimum atomic E-state index is -0.906. The summed E-state index contributed by atoms with van der Waals surface area (Å²) < 4.78 is 1.77. The van der Waals surface area contributed by atoms with Gasteiger partial charge in [-0.1, -0.05) is 11.8 Å². The van der Waals surface area contributed by atoms with Gasteiger partial charge >= 0.3 is 35.2 Å². The fraction of sp³-hybridized carbons (Fsp3) is 0.136. The third kappa shape index (κ3) is 8.37. The first kappa shape index (κ1) is 33.0. The number of benzene rings is 2. The van der Waals surface area contributed by atoms with Crippen LogP contribution in [0.5, 0.6) is 11.5 Å². The molecule has 18 heteroatoms. The number of phenolic OH excluding ortho intramolecular Hbond substituents is 2. The van der Waals surface area contributed by atoms with E-state index in [1.165, 1.54) is 46.2 Å². The van der Waals surface area contributed by atoms with Crippen LogP contribution in [0.3, 0.4) is 0 Å². The molecule has 200 valence electrons. The van der Waals surface area contributed by atoms with Crippen LogP contribution in [0.4, 0.5) is 0 Å². The van der Waals surface area contributed by atoms with Gasteiger partial charge in [-0.15, -0.1) is 34.4 Å². The fourth-order valence-electron chi connectivity index (χ4n) is 3.04. The summed E-state index contributed by atoms with van der Waals surface area (Å²) in [5, 5.41) is 30.4. The van der Waals surface area contributed by atoms with Crippen molar-refractivity contribution < 1.29 is 34.5 Å². The number of amides is 1. The maximum atomic E-state index is 11.0. The maximum absolute atomic E-state index is 11.0. The molecule has 13 nitrogen and oxygen atoms in total. The molecule has 2 aromatic carbocycles. The van der Waals surface area contributed by atoms with Gasteiger partial charge in [-0.05, 0) is 36.4 Å². The largest absolute Gasteiger partial charge is 2.00 e. The van der Waals surface area contributed by atoms with Gasteiger partial charge in [0.25, 0.3) is 5.91 Å². The minimum absolute atomic E-state index is 0. The molecule has 3 N–H and O–H groups in total. The quantitative estimate of drug-likeness (QED) is 0.278. The Kier molecular flexibility index (Phi) is 12.8. The number of carbonyl (C=O) groups is 2. The van der Waals surface area contributed by atoms with Gasteiger partial charge in [0.2, 0.25) is 0 Å². The number of thioether (sulfide) groups is 2. The zero-order chi connectivity index (χ0) is 28.5. The summed E-state index contributed by atoms with van der Waals surface area (Å²) in [5.74, 6) is 0.253. The van der Waals surface area contributed by atoms with E-state index in [2.05, 4.69) is 20.0 Å². The molecule has 40 heavy (non-hydrogen) atoms. The van der Waals surface area contributed by atoms with Gasteiger partial charge in [-0.3, -0.25) is 9.79 Å². The first-order valence-corrected chi connectivity index (χ1v) is 13.9. The molecule has 4 heterocycles. The van der Waals surface area contributed by atoms with E-state index in [4.69, 9.17) is 24.6 Å². The van der Waals surface area contributed by atoms with E-state index in [0.717, 1.165) is 25.4 Å². The van der Waals surface area contributed by atoms with E-state index in [9.17, 15) is 19.8 Å². The second-order valence-electron chi connectivity index (χ2n) is 7.12. The first-order valence-electron chi connectivity index (χ1n) is 10.3. The molecule has 0 spiro atoms. The molecule has 2 aromatic heterocycles. The Bertz CT molecular complexity index is 1630. The molecule has 0 radical (unpaired) electrons. The van der Waals surface area contributed by atoms with Gasteiger partial charge in [0, 0.05) is 15.7 Å². The summed E-state index contributed by atoms with van der Waals surface area (Å²) in [6.07, 6.45) is 0.250. The van der Waals surface area contributed by atoms with Crippen LogP contribution in [-0.4, -0.2) is 94.0 Å². The number of carboxylic acid groups (broad SMARTS) is 1. The van der Waals surface area contributed by atoms with Crippen molar-refractivity contribution in [1.82, 2.24) is 9.97 Å². The summed E-state index contributed by atoms with van der Waals surface area (Å²) in [6.45, 7) is 0. The number of carbonyl (C=O) groups excluding carboxylic acids is 3. The summed E-state index contributed by atoms with van der Waals surface area (Å²) in [5.41, 5.74) is 1.61. The Labute approximate surface area is 256 Å². The van der Waals surface area contributed by atoms with Crippen LogP contribution in [0.1, 0.15) is 10.0 Å². The number of thiazole rings is 2. The SMILES string of the molecule is O=C(O)[C@H]1CSC(c2nc3ccc(O)cc3s2)=N1.O=C1CSC(c2nc3ccc(O)cc3s2)=N1.O=C=O.O=O.[Mg+2]. The number of hydrogen-bond acceptors (Lipinski definition) is 15. The monoisotopic (exact) mass is 630 g/mol. The Balaban J connectivity index is 0.000000238. The molecule has 0 unspecified atom stereocenters. The molecule has 0 bridgehead atoms. The number of aromatic hydroxyl groups is 2. The Morgan fingerprint density at radius 2 is 1.38 bits per heavy atom. The summed E-state index contributed by atoms with van der Waals surface area (Å²) in [7, 11) is 0. The van der Waals surface area contributed by atoms with Crippen molar-refractivity contribution >= 4 is 118 Å². The van der Waals surface area contributed by atoms with Crippen LogP contribution < -0.4 is 0 Å². The van der Waals surface area contributed by atoms with E-state index in [0.29, 0.717) is 26.6 Å². The van der Waals surface area contributed by atoms with Crippen molar-refractivity contribution in [2.75, 3.05) is 11.5 Å². The van der Waals surface area contributed by atoms with E-state index in [1.807, 2.05) is 0 Å². The third-order valence-corrected chi connectivity index (χ3v) is 8.92. The maximum Gasteiger partial charge on any atom is 2.00 e. The van der Waals surface area contributed by atoms with Crippen molar-refractivity contribution in [1.29, 1.82) is 0 Å².